The topological polar surface area (TPSA) is 55.2 Å². The van der Waals surface area contributed by atoms with Gasteiger partial charge in [-0.3, -0.25) is 4.31 Å². The molecule has 126 valence electrons. The summed E-state index contributed by atoms with van der Waals surface area (Å²) in [5.41, 5.74) is 3.38. The van der Waals surface area contributed by atoms with Gasteiger partial charge in [0.25, 0.3) is 10.0 Å². The molecule has 3 rings (SSSR count). The van der Waals surface area contributed by atoms with Crippen LogP contribution in [0.5, 0.6) is 0 Å². The Morgan fingerprint density at radius 3 is 2.38 bits per heavy atom. The number of benzene rings is 2. The van der Waals surface area contributed by atoms with Crippen molar-refractivity contribution in [3.05, 3.63) is 53.9 Å². The van der Waals surface area contributed by atoms with E-state index in [1.165, 1.54) is 4.31 Å². The lowest BCUT2D eigenvalue weighted by molar-refractivity contribution is 0.594. The van der Waals surface area contributed by atoms with Gasteiger partial charge in [0.2, 0.25) is 0 Å². The summed E-state index contributed by atoms with van der Waals surface area (Å²) >= 11 is 0. The smallest absolute Gasteiger partial charge is 0.264 e. The SMILES string of the molecule is CCn1c(C)nc2cc(S(=O)(=O)N(C)c3ccc(C)cc3)ccc21. The molecule has 0 spiro atoms. The normalized spacial score (nSPS) is 11.8. The first-order chi connectivity index (χ1) is 11.3. The molecule has 0 unspecified atom stereocenters. The standard InChI is InChI=1S/C18H21N3O2S/c1-5-21-14(3)19-17-12-16(10-11-18(17)21)24(22,23)20(4)15-8-6-13(2)7-9-15/h6-12H,5H2,1-4H3. The number of hydrogen-bond acceptors (Lipinski definition) is 3. The molecule has 1 aromatic heterocycles. The predicted octanol–water partition coefficient (Wildman–Crippen LogP) is 3.50. The molecular weight excluding hydrogens is 322 g/mol. The fraction of sp³-hybridized carbons (Fsp3) is 0.278. The number of anilines is 1. The van der Waals surface area contributed by atoms with E-state index in [-0.39, 0.29) is 4.90 Å². The highest BCUT2D eigenvalue weighted by Gasteiger charge is 2.22. The third-order valence-corrected chi connectivity index (χ3v) is 6.06. The Hall–Kier alpha value is -2.34. The molecular formula is C18H21N3O2S. The Morgan fingerprint density at radius 2 is 1.75 bits per heavy atom. The van der Waals surface area contributed by atoms with Crippen molar-refractivity contribution in [3.8, 4) is 0 Å². The molecule has 0 N–H and O–H groups in total. The zero-order chi connectivity index (χ0) is 17.5. The highest BCUT2D eigenvalue weighted by atomic mass is 32.2. The van der Waals surface area contributed by atoms with E-state index in [0.717, 1.165) is 23.4 Å². The highest BCUT2D eigenvalue weighted by Crippen LogP contribution is 2.25. The molecule has 0 aliphatic carbocycles. The van der Waals surface area contributed by atoms with Gasteiger partial charge in [0, 0.05) is 13.6 Å². The molecule has 1 heterocycles. The number of rotatable bonds is 4. The van der Waals surface area contributed by atoms with Crippen LogP contribution in [-0.4, -0.2) is 25.0 Å². The number of hydrogen-bond donors (Lipinski definition) is 0. The summed E-state index contributed by atoms with van der Waals surface area (Å²) in [6, 6.07) is 12.5. The number of nitrogens with zero attached hydrogens (tertiary/aromatic N) is 3. The van der Waals surface area contributed by atoms with Gasteiger partial charge in [0.05, 0.1) is 21.6 Å². The molecule has 0 aliphatic heterocycles. The predicted molar refractivity (Wildman–Crippen MR) is 96.9 cm³/mol. The Bertz CT molecular complexity index is 989. The van der Waals surface area contributed by atoms with Gasteiger partial charge in [0.1, 0.15) is 5.82 Å². The zero-order valence-electron chi connectivity index (χ0n) is 14.3. The van der Waals surface area contributed by atoms with E-state index in [1.807, 2.05) is 39.0 Å². The molecule has 24 heavy (non-hydrogen) atoms. The fourth-order valence-electron chi connectivity index (χ4n) is 2.84. The summed E-state index contributed by atoms with van der Waals surface area (Å²) in [6.45, 7) is 6.75. The Balaban J connectivity index is 2.06. The molecule has 0 aliphatic rings. The molecule has 0 atom stereocenters. The molecule has 0 fully saturated rings. The van der Waals surface area contributed by atoms with Crippen LogP contribution < -0.4 is 4.31 Å². The van der Waals surface area contributed by atoms with E-state index in [2.05, 4.69) is 9.55 Å². The number of imidazole rings is 1. The van der Waals surface area contributed by atoms with Crippen LogP contribution >= 0.6 is 0 Å². The second kappa shape index (κ2) is 5.94. The van der Waals surface area contributed by atoms with Crippen LogP contribution in [0.1, 0.15) is 18.3 Å². The van der Waals surface area contributed by atoms with Crippen LogP contribution in [0.3, 0.4) is 0 Å². The van der Waals surface area contributed by atoms with Gasteiger partial charge in [-0.25, -0.2) is 13.4 Å². The Morgan fingerprint density at radius 1 is 1.08 bits per heavy atom. The van der Waals surface area contributed by atoms with Crippen LogP contribution in [0.25, 0.3) is 11.0 Å². The zero-order valence-corrected chi connectivity index (χ0v) is 15.1. The number of sulfonamides is 1. The molecule has 0 amide bonds. The van der Waals surface area contributed by atoms with E-state index in [0.29, 0.717) is 11.2 Å². The molecule has 0 saturated carbocycles. The first-order valence-electron chi connectivity index (χ1n) is 7.87. The molecule has 0 bridgehead atoms. The van der Waals surface area contributed by atoms with Gasteiger partial charge in [-0.15, -0.1) is 0 Å². The lowest BCUT2D eigenvalue weighted by Crippen LogP contribution is -2.26. The van der Waals surface area contributed by atoms with Crippen LogP contribution in [0, 0.1) is 13.8 Å². The van der Waals surface area contributed by atoms with Gasteiger partial charge in [-0.1, -0.05) is 17.7 Å². The maximum Gasteiger partial charge on any atom is 0.264 e. The van der Waals surface area contributed by atoms with E-state index in [4.69, 9.17) is 0 Å². The van der Waals surface area contributed by atoms with Crippen LogP contribution in [0.2, 0.25) is 0 Å². The number of aryl methyl sites for hydroxylation is 3. The maximum absolute atomic E-state index is 12.9. The molecule has 0 saturated heterocycles. The molecule has 2 aromatic carbocycles. The lowest BCUT2D eigenvalue weighted by atomic mass is 10.2. The maximum atomic E-state index is 12.9. The van der Waals surface area contributed by atoms with Crippen molar-refractivity contribution >= 4 is 26.7 Å². The highest BCUT2D eigenvalue weighted by molar-refractivity contribution is 7.92. The quantitative estimate of drug-likeness (QED) is 0.728. The summed E-state index contributed by atoms with van der Waals surface area (Å²) in [7, 11) is -2.05. The third-order valence-electron chi connectivity index (χ3n) is 4.28. The van der Waals surface area contributed by atoms with Crippen LogP contribution in [0.15, 0.2) is 47.4 Å². The minimum Gasteiger partial charge on any atom is -0.329 e. The summed E-state index contributed by atoms with van der Waals surface area (Å²) in [4.78, 5) is 4.73. The van der Waals surface area contributed by atoms with Crippen molar-refractivity contribution in [3.63, 3.8) is 0 Å². The van der Waals surface area contributed by atoms with Gasteiger partial charge in [0.15, 0.2) is 0 Å². The van der Waals surface area contributed by atoms with Crippen molar-refractivity contribution in [1.29, 1.82) is 0 Å². The average molecular weight is 343 g/mol. The van der Waals surface area contributed by atoms with Gasteiger partial charge in [-0.2, -0.15) is 0 Å². The average Bonchev–Trinajstić information content (AvgIpc) is 2.88. The van der Waals surface area contributed by atoms with Crippen molar-refractivity contribution in [2.24, 2.45) is 0 Å². The van der Waals surface area contributed by atoms with E-state index in [9.17, 15) is 8.42 Å². The van der Waals surface area contributed by atoms with Gasteiger partial charge in [-0.05, 0) is 51.1 Å². The summed E-state index contributed by atoms with van der Waals surface area (Å²) in [5.74, 6) is 0.883. The van der Waals surface area contributed by atoms with Crippen LogP contribution in [0.4, 0.5) is 5.69 Å². The Labute approximate surface area is 142 Å². The Kier molecular flexibility index (Phi) is 4.09. The number of fused-ring (bicyclic) bond motifs is 1. The second-order valence-electron chi connectivity index (χ2n) is 5.86. The molecule has 5 nitrogen and oxygen atoms in total. The second-order valence-corrected chi connectivity index (χ2v) is 7.83. The number of aromatic nitrogens is 2. The van der Waals surface area contributed by atoms with Crippen molar-refractivity contribution < 1.29 is 8.42 Å². The van der Waals surface area contributed by atoms with E-state index in [1.54, 1.807) is 31.3 Å². The third kappa shape index (κ3) is 2.67. The molecule has 3 aromatic rings. The van der Waals surface area contributed by atoms with E-state index >= 15 is 0 Å². The molecule has 0 radical (unpaired) electrons. The minimum atomic E-state index is -3.62. The fourth-order valence-corrected chi connectivity index (χ4v) is 4.06. The van der Waals surface area contributed by atoms with Gasteiger partial charge < -0.3 is 4.57 Å². The lowest BCUT2D eigenvalue weighted by Gasteiger charge is -2.19. The van der Waals surface area contributed by atoms with Crippen molar-refractivity contribution in [1.82, 2.24) is 9.55 Å². The first kappa shape index (κ1) is 16.5. The summed E-state index contributed by atoms with van der Waals surface area (Å²) in [5, 5.41) is 0. The minimum absolute atomic E-state index is 0.249. The monoisotopic (exact) mass is 343 g/mol. The van der Waals surface area contributed by atoms with Crippen LogP contribution in [-0.2, 0) is 16.6 Å². The molecule has 6 heteroatoms. The summed E-state index contributed by atoms with van der Waals surface area (Å²) in [6.07, 6.45) is 0. The van der Waals surface area contributed by atoms with Crippen molar-refractivity contribution in [2.75, 3.05) is 11.4 Å². The largest absolute Gasteiger partial charge is 0.329 e. The summed E-state index contributed by atoms with van der Waals surface area (Å²) < 4.78 is 29.2. The van der Waals surface area contributed by atoms with Crippen molar-refractivity contribution in [2.45, 2.75) is 32.2 Å². The van der Waals surface area contributed by atoms with Gasteiger partial charge >= 0.3 is 0 Å². The first-order valence-corrected chi connectivity index (χ1v) is 9.31. The van der Waals surface area contributed by atoms with E-state index < -0.39 is 10.0 Å².